The van der Waals surface area contributed by atoms with Crippen LogP contribution in [0.3, 0.4) is 0 Å². The quantitative estimate of drug-likeness (QED) is 0.756. The predicted octanol–water partition coefficient (Wildman–Crippen LogP) is -0.485. The summed E-state index contributed by atoms with van der Waals surface area (Å²) in [4.78, 5) is 14.3. The minimum absolute atomic E-state index is 0.120. The van der Waals surface area contributed by atoms with Gasteiger partial charge in [-0.05, 0) is 19.3 Å². The first-order chi connectivity index (χ1) is 10.0. The second kappa shape index (κ2) is 6.73. The topological polar surface area (TPSA) is 93.5 Å². The van der Waals surface area contributed by atoms with E-state index in [4.69, 9.17) is 5.26 Å². The number of carbonyl (C=O) groups is 1. The van der Waals surface area contributed by atoms with Crippen LogP contribution in [0.2, 0.25) is 0 Å². The van der Waals surface area contributed by atoms with Crippen molar-refractivity contribution in [1.82, 2.24) is 14.5 Å². The Labute approximate surface area is 125 Å². The van der Waals surface area contributed by atoms with Crippen molar-refractivity contribution in [3.8, 4) is 6.07 Å². The number of nitrogens with zero attached hydrogens (tertiary/aromatic N) is 3. The molecule has 2 rings (SSSR count). The number of piperazine rings is 1. The lowest BCUT2D eigenvalue weighted by molar-refractivity contribution is -0.135. The zero-order chi connectivity index (χ0) is 15.5. The number of rotatable bonds is 4. The van der Waals surface area contributed by atoms with Gasteiger partial charge in [0.1, 0.15) is 6.04 Å². The molecule has 7 nitrogen and oxygen atoms in total. The Kier molecular flexibility index (Phi) is 5.19. The standard InChI is InChI=1S/C13H22N4O3S/c1-2-11(10-14)21(19,20)17-7-3-4-12(17)13(18)16-8-5-15-6-9-16/h11-12,15H,2-9H2,1H3. The van der Waals surface area contributed by atoms with Crippen LogP contribution in [-0.2, 0) is 14.8 Å². The third-order valence-electron chi connectivity index (χ3n) is 4.12. The summed E-state index contributed by atoms with van der Waals surface area (Å²) in [6.07, 6.45) is 1.46. The number of hydrogen-bond acceptors (Lipinski definition) is 5. The van der Waals surface area contributed by atoms with Gasteiger partial charge in [0.05, 0.1) is 6.07 Å². The van der Waals surface area contributed by atoms with Crippen molar-refractivity contribution in [3.63, 3.8) is 0 Å². The average molecular weight is 314 g/mol. The van der Waals surface area contributed by atoms with Gasteiger partial charge >= 0.3 is 0 Å². The fraction of sp³-hybridized carbons (Fsp3) is 0.846. The van der Waals surface area contributed by atoms with E-state index in [0.717, 1.165) is 13.1 Å². The SMILES string of the molecule is CCC(C#N)S(=O)(=O)N1CCCC1C(=O)N1CCNCC1. The molecule has 0 aromatic carbocycles. The minimum Gasteiger partial charge on any atom is -0.339 e. The summed E-state index contributed by atoms with van der Waals surface area (Å²) in [5.41, 5.74) is 0. The molecule has 2 fully saturated rings. The van der Waals surface area contributed by atoms with Gasteiger partial charge in [0.2, 0.25) is 15.9 Å². The van der Waals surface area contributed by atoms with Crippen molar-refractivity contribution in [2.45, 2.75) is 37.5 Å². The van der Waals surface area contributed by atoms with Gasteiger partial charge in [-0.2, -0.15) is 9.57 Å². The molecule has 1 amide bonds. The largest absolute Gasteiger partial charge is 0.339 e. The molecular weight excluding hydrogens is 292 g/mol. The Morgan fingerprint density at radius 3 is 2.62 bits per heavy atom. The molecule has 2 aliphatic rings. The van der Waals surface area contributed by atoms with E-state index < -0.39 is 21.3 Å². The number of hydrogen-bond donors (Lipinski definition) is 1. The lowest BCUT2D eigenvalue weighted by atomic mass is 10.2. The summed E-state index contributed by atoms with van der Waals surface area (Å²) >= 11 is 0. The Morgan fingerprint density at radius 1 is 1.38 bits per heavy atom. The van der Waals surface area contributed by atoms with E-state index in [1.165, 1.54) is 4.31 Å². The Morgan fingerprint density at radius 2 is 2.05 bits per heavy atom. The summed E-state index contributed by atoms with van der Waals surface area (Å²) in [6, 6.07) is 1.21. The molecule has 21 heavy (non-hydrogen) atoms. The number of amides is 1. The molecule has 0 saturated carbocycles. The third-order valence-corrected chi connectivity index (χ3v) is 6.37. The van der Waals surface area contributed by atoms with E-state index >= 15 is 0 Å². The molecular formula is C13H22N4O3S. The Bertz CT molecular complexity index is 522. The summed E-state index contributed by atoms with van der Waals surface area (Å²) in [7, 11) is -3.72. The minimum atomic E-state index is -3.72. The first-order valence-corrected chi connectivity index (χ1v) is 8.92. The van der Waals surface area contributed by atoms with Gasteiger partial charge < -0.3 is 10.2 Å². The smallest absolute Gasteiger partial charge is 0.241 e. The van der Waals surface area contributed by atoms with Crippen molar-refractivity contribution in [2.75, 3.05) is 32.7 Å². The van der Waals surface area contributed by atoms with Crippen LogP contribution in [-0.4, -0.2) is 67.5 Å². The first kappa shape index (κ1) is 16.2. The predicted molar refractivity (Wildman–Crippen MR) is 77.8 cm³/mol. The van der Waals surface area contributed by atoms with Crippen molar-refractivity contribution < 1.29 is 13.2 Å². The van der Waals surface area contributed by atoms with Crippen LogP contribution < -0.4 is 5.32 Å². The molecule has 0 radical (unpaired) electrons. The lowest BCUT2D eigenvalue weighted by Crippen LogP contribution is -2.54. The summed E-state index contributed by atoms with van der Waals surface area (Å²) < 4.78 is 26.3. The van der Waals surface area contributed by atoms with Crippen LogP contribution in [0.25, 0.3) is 0 Å². The van der Waals surface area contributed by atoms with E-state index in [1.807, 2.05) is 6.07 Å². The number of nitriles is 1. The van der Waals surface area contributed by atoms with Crippen LogP contribution in [0.5, 0.6) is 0 Å². The van der Waals surface area contributed by atoms with Crippen molar-refractivity contribution >= 4 is 15.9 Å². The fourth-order valence-electron chi connectivity index (χ4n) is 2.92. The molecule has 0 aromatic rings. The van der Waals surface area contributed by atoms with E-state index in [1.54, 1.807) is 11.8 Å². The number of carbonyl (C=O) groups excluding carboxylic acids is 1. The lowest BCUT2D eigenvalue weighted by Gasteiger charge is -2.33. The van der Waals surface area contributed by atoms with E-state index in [-0.39, 0.29) is 12.3 Å². The molecule has 2 saturated heterocycles. The number of sulfonamides is 1. The second-order valence-corrected chi connectivity index (χ2v) is 7.48. The van der Waals surface area contributed by atoms with Crippen molar-refractivity contribution in [2.24, 2.45) is 0 Å². The van der Waals surface area contributed by atoms with Crippen LogP contribution in [0, 0.1) is 11.3 Å². The van der Waals surface area contributed by atoms with Gasteiger partial charge in [-0.25, -0.2) is 8.42 Å². The van der Waals surface area contributed by atoms with Gasteiger partial charge in [-0.1, -0.05) is 6.92 Å². The van der Waals surface area contributed by atoms with Crippen LogP contribution in [0.15, 0.2) is 0 Å². The maximum Gasteiger partial charge on any atom is 0.241 e. The molecule has 0 aliphatic carbocycles. The van der Waals surface area contributed by atoms with Crippen molar-refractivity contribution in [3.05, 3.63) is 0 Å². The molecule has 8 heteroatoms. The summed E-state index contributed by atoms with van der Waals surface area (Å²) in [6.45, 7) is 4.71. The van der Waals surface area contributed by atoms with E-state index in [2.05, 4.69) is 5.32 Å². The van der Waals surface area contributed by atoms with Crippen molar-refractivity contribution in [1.29, 1.82) is 5.26 Å². The maximum absolute atomic E-state index is 12.6. The molecule has 2 atom stereocenters. The molecule has 118 valence electrons. The fourth-order valence-corrected chi connectivity index (χ4v) is 4.73. The van der Waals surface area contributed by atoms with E-state index in [9.17, 15) is 13.2 Å². The van der Waals surface area contributed by atoms with Crippen LogP contribution in [0.1, 0.15) is 26.2 Å². The molecule has 0 aromatic heterocycles. The van der Waals surface area contributed by atoms with Gasteiger partial charge in [0, 0.05) is 32.7 Å². The highest BCUT2D eigenvalue weighted by Crippen LogP contribution is 2.26. The molecule has 0 spiro atoms. The van der Waals surface area contributed by atoms with Gasteiger partial charge in [-0.15, -0.1) is 0 Å². The molecule has 0 bridgehead atoms. The monoisotopic (exact) mass is 314 g/mol. The molecule has 1 N–H and O–H groups in total. The van der Waals surface area contributed by atoms with Crippen LogP contribution >= 0.6 is 0 Å². The Balaban J connectivity index is 2.16. The zero-order valence-corrected chi connectivity index (χ0v) is 13.1. The zero-order valence-electron chi connectivity index (χ0n) is 12.3. The highest BCUT2D eigenvalue weighted by Gasteiger charge is 2.43. The Hall–Kier alpha value is -1.17. The highest BCUT2D eigenvalue weighted by atomic mass is 32.2. The van der Waals surface area contributed by atoms with Gasteiger partial charge in [0.25, 0.3) is 0 Å². The maximum atomic E-state index is 12.6. The van der Waals surface area contributed by atoms with Gasteiger partial charge in [0.15, 0.2) is 5.25 Å². The van der Waals surface area contributed by atoms with E-state index in [0.29, 0.717) is 32.5 Å². The van der Waals surface area contributed by atoms with Crippen LogP contribution in [0.4, 0.5) is 0 Å². The summed E-state index contributed by atoms with van der Waals surface area (Å²) in [5, 5.41) is 11.1. The second-order valence-electron chi connectivity index (χ2n) is 5.41. The third kappa shape index (κ3) is 3.20. The molecule has 2 aliphatic heterocycles. The first-order valence-electron chi connectivity index (χ1n) is 7.42. The highest BCUT2D eigenvalue weighted by molar-refractivity contribution is 7.90. The molecule has 2 heterocycles. The molecule has 2 unspecified atom stereocenters. The van der Waals surface area contributed by atoms with Gasteiger partial charge in [-0.3, -0.25) is 4.79 Å². The normalized spacial score (nSPS) is 25.5. The summed E-state index contributed by atoms with van der Waals surface area (Å²) in [5.74, 6) is -0.120. The average Bonchev–Trinajstić information content (AvgIpc) is 2.98. The number of nitrogens with one attached hydrogen (secondary N) is 1.